The molecule has 0 aromatic heterocycles. The molecular formula is C76H130NO8+. The van der Waals surface area contributed by atoms with Crippen LogP contribution in [-0.2, 0) is 33.3 Å². The van der Waals surface area contributed by atoms with E-state index < -0.39 is 24.3 Å². The van der Waals surface area contributed by atoms with E-state index in [2.05, 4.69) is 135 Å². The molecule has 0 aromatic rings. The lowest BCUT2D eigenvalue weighted by molar-refractivity contribution is -0.870. The Morgan fingerprint density at radius 1 is 0.353 bits per heavy atom. The average Bonchev–Trinajstić information content (AvgIpc) is 3.49. The van der Waals surface area contributed by atoms with Gasteiger partial charge in [-0.3, -0.25) is 9.59 Å². The first-order valence-corrected chi connectivity index (χ1v) is 34.7. The maximum absolute atomic E-state index is 12.9. The van der Waals surface area contributed by atoms with Crippen molar-refractivity contribution >= 4 is 17.9 Å². The van der Waals surface area contributed by atoms with E-state index >= 15 is 0 Å². The monoisotopic (exact) mass is 1180 g/mol. The van der Waals surface area contributed by atoms with Crippen LogP contribution in [0, 0.1) is 0 Å². The standard InChI is InChI=1S/C76H129NO8/c1-6-8-10-12-14-16-18-20-22-24-26-28-29-30-31-32-33-34-35-36-37-38-39-40-41-42-43-44-45-47-49-51-53-55-57-59-61-63-65-67-74(79)85-72(71-84-76(75(80)81)82-69-68-77(3,4)5)70-83-73(78)66-64-62-60-58-56-54-52-50-48-46-27-25-23-21-19-17-15-13-11-9-7-2/h8-11,14-17,20-23,26-28,30-31,46,50,52,72,76H,6-7,12-13,18-19,24-25,29,32-45,47-49,51,53-71H2,1-5H3/p+1/b10-8-,11-9-,16-14-,17-15-,22-20-,23-21-,28-26-,31-30-,46-27-,52-50-. The van der Waals surface area contributed by atoms with E-state index in [-0.39, 0.29) is 38.6 Å². The fraction of sp³-hybridized carbons (Fsp3) is 0.697. The number of aliphatic carboxylic acids is 1. The van der Waals surface area contributed by atoms with Crippen molar-refractivity contribution in [1.82, 2.24) is 0 Å². The minimum Gasteiger partial charge on any atom is -0.477 e. The lowest BCUT2D eigenvalue weighted by Gasteiger charge is -2.25. The van der Waals surface area contributed by atoms with Crippen LogP contribution in [0.25, 0.3) is 0 Å². The molecule has 486 valence electrons. The molecule has 85 heavy (non-hydrogen) atoms. The maximum Gasteiger partial charge on any atom is 0.361 e. The van der Waals surface area contributed by atoms with E-state index in [0.717, 1.165) is 122 Å². The molecule has 2 atom stereocenters. The topological polar surface area (TPSA) is 108 Å². The van der Waals surface area contributed by atoms with Crippen molar-refractivity contribution in [2.75, 3.05) is 47.5 Å². The third-order valence-electron chi connectivity index (χ3n) is 14.7. The van der Waals surface area contributed by atoms with Crippen LogP contribution in [0.5, 0.6) is 0 Å². The molecule has 0 saturated carbocycles. The van der Waals surface area contributed by atoms with Crippen molar-refractivity contribution in [3.8, 4) is 0 Å². The van der Waals surface area contributed by atoms with Gasteiger partial charge in [0, 0.05) is 12.8 Å². The summed E-state index contributed by atoms with van der Waals surface area (Å²) in [5, 5.41) is 9.74. The van der Waals surface area contributed by atoms with Crippen LogP contribution in [0.4, 0.5) is 0 Å². The summed E-state index contributed by atoms with van der Waals surface area (Å²) in [5.41, 5.74) is 0. The Bertz CT molecular complexity index is 1810. The van der Waals surface area contributed by atoms with Crippen LogP contribution in [0.2, 0.25) is 0 Å². The minimum atomic E-state index is -1.52. The van der Waals surface area contributed by atoms with Crippen LogP contribution in [0.15, 0.2) is 122 Å². The van der Waals surface area contributed by atoms with Crippen molar-refractivity contribution < 1.29 is 42.9 Å². The number of nitrogens with zero attached hydrogens (tertiary/aromatic N) is 1. The predicted octanol–water partition coefficient (Wildman–Crippen LogP) is 21.6. The van der Waals surface area contributed by atoms with Crippen molar-refractivity contribution in [2.24, 2.45) is 0 Å². The zero-order valence-corrected chi connectivity index (χ0v) is 55.5. The summed E-state index contributed by atoms with van der Waals surface area (Å²) >= 11 is 0. The molecule has 2 unspecified atom stereocenters. The number of hydrogen-bond donors (Lipinski definition) is 1. The molecule has 0 bridgehead atoms. The molecule has 0 aliphatic carbocycles. The number of quaternary nitrogens is 1. The molecule has 0 aliphatic rings. The van der Waals surface area contributed by atoms with E-state index in [0.29, 0.717) is 11.0 Å². The molecule has 9 heteroatoms. The van der Waals surface area contributed by atoms with Crippen LogP contribution < -0.4 is 0 Å². The molecule has 0 saturated heterocycles. The Morgan fingerprint density at radius 2 is 0.635 bits per heavy atom. The highest BCUT2D eigenvalue weighted by Crippen LogP contribution is 2.17. The van der Waals surface area contributed by atoms with Gasteiger partial charge in [-0.2, -0.15) is 0 Å². The number of carboxylic acids is 1. The van der Waals surface area contributed by atoms with Gasteiger partial charge < -0.3 is 28.5 Å². The van der Waals surface area contributed by atoms with Gasteiger partial charge in [-0.05, 0) is 103 Å². The van der Waals surface area contributed by atoms with E-state index in [1.165, 1.54) is 135 Å². The van der Waals surface area contributed by atoms with E-state index in [1.807, 2.05) is 21.1 Å². The predicted molar refractivity (Wildman–Crippen MR) is 364 cm³/mol. The minimum absolute atomic E-state index is 0.180. The fourth-order valence-corrected chi connectivity index (χ4v) is 9.48. The zero-order chi connectivity index (χ0) is 61.9. The number of ether oxygens (including phenoxy) is 4. The first-order valence-electron chi connectivity index (χ1n) is 34.7. The number of unbranched alkanes of at least 4 members (excludes halogenated alkanes) is 28. The number of carboxylic acid groups (broad SMARTS) is 1. The third kappa shape index (κ3) is 67.1. The zero-order valence-electron chi connectivity index (χ0n) is 55.5. The second kappa shape index (κ2) is 65.7. The SMILES string of the molecule is CC/C=C\C/C=C\C/C=C\C/C=C\C/C=C\CCCCCCCCCCCCCCCCCCCCCCCCCC(=O)OC(COC(=O)CCCCCCC/C=C\C/C=C\C/C=C\C/C=C\C/C=C\CC)COC(OCC[N+](C)(C)C)C(=O)O. The number of carbonyl (C=O) groups is 3. The summed E-state index contributed by atoms with van der Waals surface area (Å²) in [7, 11) is 5.97. The van der Waals surface area contributed by atoms with Crippen molar-refractivity contribution in [1.29, 1.82) is 0 Å². The highest BCUT2D eigenvalue weighted by atomic mass is 16.7. The highest BCUT2D eigenvalue weighted by Gasteiger charge is 2.25. The molecule has 0 amide bonds. The van der Waals surface area contributed by atoms with Gasteiger partial charge in [0.15, 0.2) is 6.10 Å². The third-order valence-corrected chi connectivity index (χ3v) is 14.7. The molecule has 0 rings (SSSR count). The molecule has 0 heterocycles. The fourth-order valence-electron chi connectivity index (χ4n) is 9.48. The number of esters is 2. The van der Waals surface area contributed by atoms with Gasteiger partial charge >= 0.3 is 17.9 Å². The summed E-state index contributed by atoms with van der Waals surface area (Å²) < 4.78 is 22.9. The second-order valence-electron chi connectivity index (χ2n) is 24.1. The molecule has 0 aliphatic heterocycles. The van der Waals surface area contributed by atoms with Crippen LogP contribution >= 0.6 is 0 Å². The molecule has 0 aromatic carbocycles. The van der Waals surface area contributed by atoms with Gasteiger partial charge in [-0.15, -0.1) is 0 Å². The average molecular weight is 1190 g/mol. The Kier molecular flexibility index (Phi) is 62.3. The lowest BCUT2D eigenvalue weighted by Crippen LogP contribution is -2.40. The Labute approximate surface area is 523 Å². The summed E-state index contributed by atoms with van der Waals surface area (Å²) in [6.07, 6.45) is 90.3. The highest BCUT2D eigenvalue weighted by molar-refractivity contribution is 5.71. The molecule has 1 N–H and O–H groups in total. The van der Waals surface area contributed by atoms with Gasteiger partial charge in [0.1, 0.15) is 13.2 Å². The first-order chi connectivity index (χ1) is 41.6. The van der Waals surface area contributed by atoms with Crippen molar-refractivity contribution in [3.05, 3.63) is 122 Å². The van der Waals surface area contributed by atoms with Crippen LogP contribution in [0.3, 0.4) is 0 Å². The molecule has 0 spiro atoms. The van der Waals surface area contributed by atoms with Crippen molar-refractivity contribution in [2.45, 2.75) is 296 Å². The summed E-state index contributed by atoms with van der Waals surface area (Å²) in [6, 6.07) is 0. The molecule has 0 fully saturated rings. The van der Waals surface area contributed by atoms with E-state index in [1.54, 1.807) is 0 Å². The number of allylic oxidation sites excluding steroid dienone is 20. The molecular weight excluding hydrogens is 1050 g/mol. The van der Waals surface area contributed by atoms with E-state index in [9.17, 15) is 19.5 Å². The van der Waals surface area contributed by atoms with Gasteiger partial charge in [0.05, 0.1) is 34.4 Å². The normalized spacial score (nSPS) is 13.5. The van der Waals surface area contributed by atoms with Crippen LogP contribution in [0.1, 0.15) is 284 Å². The number of carbonyl (C=O) groups excluding carboxylic acids is 2. The quantitative estimate of drug-likeness (QED) is 0.0211. The number of likely N-dealkylation sites (N-methyl/N-ethyl adjacent to an activating group) is 1. The molecule has 9 nitrogen and oxygen atoms in total. The number of rotatable bonds is 63. The van der Waals surface area contributed by atoms with Crippen LogP contribution in [-0.4, -0.2) is 87.4 Å². The lowest BCUT2D eigenvalue weighted by atomic mass is 10.0. The Morgan fingerprint density at radius 3 is 0.941 bits per heavy atom. The summed E-state index contributed by atoms with van der Waals surface area (Å²) in [5.74, 6) is -2.03. The van der Waals surface area contributed by atoms with Gasteiger partial charge in [-0.25, -0.2) is 4.79 Å². The van der Waals surface area contributed by atoms with Crippen molar-refractivity contribution in [3.63, 3.8) is 0 Å². The number of hydrogen-bond acceptors (Lipinski definition) is 7. The second-order valence-corrected chi connectivity index (χ2v) is 24.1. The molecule has 0 radical (unpaired) electrons. The smallest absolute Gasteiger partial charge is 0.361 e. The Hall–Kier alpha value is -4.31. The first kappa shape index (κ1) is 80.7. The largest absolute Gasteiger partial charge is 0.477 e. The van der Waals surface area contributed by atoms with Gasteiger partial charge in [0.25, 0.3) is 6.29 Å². The van der Waals surface area contributed by atoms with E-state index in [4.69, 9.17) is 18.9 Å². The van der Waals surface area contributed by atoms with Gasteiger partial charge in [-0.1, -0.05) is 289 Å². The Balaban J connectivity index is 4.05. The summed E-state index contributed by atoms with van der Waals surface area (Å²) in [6.45, 7) is 4.64. The summed E-state index contributed by atoms with van der Waals surface area (Å²) in [4.78, 5) is 37.6. The maximum atomic E-state index is 12.9. The van der Waals surface area contributed by atoms with Gasteiger partial charge in [0.2, 0.25) is 0 Å².